The Morgan fingerprint density at radius 2 is 1.82 bits per heavy atom. The predicted molar refractivity (Wildman–Crippen MR) is 182 cm³/mol. The van der Waals surface area contributed by atoms with Crippen molar-refractivity contribution in [1.29, 1.82) is 0 Å². The second kappa shape index (κ2) is 13.6. The molecule has 2 amide bonds. The molecule has 242 valence electrons. The molecule has 0 bridgehead atoms. The van der Waals surface area contributed by atoms with E-state index in [0.717, 1.165) is 56.6 Å². The van der Waals surface area contributed by atoms with Gasteiger partial charge in [-0.2, -0.15) is 4.99 Å². The number of nitrogens with two attached hydrogens (primary N) is 1. The highest BCUT2D eigenvalue weighted by molar-refractivity contribution is 7.98. The zero-order valence-electron chi connectivity index (χ0n) is 26.5. The van der Waals surface area contributed by atoms with Crippen LogP contribution in [-0.4, -0.2) is 69.0 Å². The van der Waals surface area contributed by atoms with Crippen molar-refractivity contribution in [2.45, 2.75) is 81.9 Å². The first kappa shape index (κ1) is 33.1. The first-order valence-corrected chi connectivity index (χ1v) is 17.7. The number of fused-ring (bicyclic) bond motifs is 1. The van der Waals surface area contributed by atoms with Crippen LogP contribution in [0.15, 0.2) is 65.0 Å². The second-order valence-corrected chi connectivity index (χ2v) is 15.4. The molecule has 0 aromatic heterocycles. The summed E-state index contributed by atoms with van der Waals surface area (Å²) < 4.78 is 16.0. The number of aliphatic imine (C=N–C) groups is 1. The van der Waals surface area contributed by atoms with Crippen molar-refractivity contribution < 1.29 is 18.9 Å². The number of nitrogens with one attached hydrogen (secondary N) is 1. The van der Waals surface area contributed by atoms with Crippen molar-refractivity contribution >= 4 is 38.9 Å². The molecule has 2 aromatic carbocycles. The van der Waals surface area contributed by atoms with E-state index in [2.05, 4.69) is 50.2 Å². The number of rotatable bonds is 10. The molecule has 45 heavy (non-hydrogen) atoms. The molecule has 1 saturated carbocycles. The summed E-state index contributed by atoms with van der Waals surface area (Å²) in [6.07, 6.45) is 7.06. The molecular formula is C35H47N5O4S. The molecule has 4 N–H and O–H groups in total. The maximum absolute atomic E-state index is 13.6. The average molecular weight is 634 g/mol. The Labute approximate surface area is 267 Å². The Kier molecular flexibility index (Phi) is 9.98. The molecule has 0 radical (unpaired) electrons. The van der Waals surface area contributed by atoms with Crippen LogP contribution in [0.2, 0.25) is 0 Å². The van der Waals surface area contributed by atoms with E-state index >= 15 is 0 Å². The number of nitrogens with zero attached hydrogens (tertiary/aromatic N) is 3. The molecule has 2 aliphatic heterocycles. The molecule has 2 heterocycles. The fourth-order valence-corrected chi connectivity index (χ4v) is 8.11. The lowest BCUT2D eigenvalue weighted by Crippen LogP contribution is -2.42. The highest BCUT2D eigenvalue weighted by Gasteiger charge is 2.36. The zero-order valence-corrected chi connectivity index (χ0v) is 27.4. The van der Waals surface area contributed by atoms with E-state index in [9.17, 15) is 18.9 Å². The number of carbonyl (C=O) groups is 2. The molecule has 0 spiro atoms. The summed E-state index contributed by atoms with van der Waals surface area (Å²) in [4.78, 5) is 35.2. The Balaban J connectivity index is 1.40. The van der Waals surface area contributed by atoms with Gasteiger partial charge in [-0.3, -0.25) is 14.5 Å². The van der Waals surface area contributed by atoms with Crippen LogP contribution in [0.1, 0.15) is 73.9 Å². The van der Waals surface area contributed by atoms with Gasteiger partial charge in [0.05, 0.1) is 15.3 Å². The van der Waals surface area contributed by atoms with Gasteiger partial charge in [-0.05, 0) is 113 Å². The van der Waals surface area contributed by atoms with E-state index in [4.69, 9.17) is 5.73 Å². The summed E-state index contributed by atoms with van der Waals surface area (Å²) in [5, 5.41) is 10.5. The molecule has 2 fully saturated rings. The van der Waals surface area contributed by atoms with Crippen molar-refractivity contribution in [3.05, 3.63) is 71.8 Å². The summed E-state index contributed by atoms with van der Waals surface area (Å²) in [5.74, 6) is 4.05. The minimum Gasteiger partial charge on any atom is -0.390 e. The third kappa shape index (κ3) is 7.74. The monoisotopic (exact) mass is 633 g/mol. The summed E-state index contributed by atoms with van der Waals surface area (Å²) in [5.41, 5.74) is 8.71. The van der Waals surface area contributed by atoms with Crippen LogP contribution >= 0.6 is 0 Å². The van der Waals surface area contributed by atoms with Gasteiger partial charge in [0.1, 0.15) is 5.84 Å². The van der Waals surface area contributed by atoms with Crippen LogP contribution < -0.4 is 15.4 Å². The first-order valence-electron chi connectivity index (χ1n) is 16.0. The number of benzene rings is 2. The van der Waals surface area contributed by atoms with Gasteiger partial charge in [0, 0.05) is 47.6 Å². The first-order chi connectivity index (χ1) is 21.4. The molecule has 5 rings (SSSR count). The normalized spacial score (nSPS) is 23.4. The predicted octanol–water partition coefficient (Wildman–Crippen LogP) is 4.08. The average Bonchev–Trinajstić information content (AvgIpc) is 3.37. The zero-order chi connectivity index (χ0) is 32.4. The van der Waals surface area contributed by atoms with Crippen molar-refractivity contribution in [1.82, 2.24) is 9.62 Å². The largest absolute Gasteiger partial charge is 0.390 e. The molecule has 2 aromatic rings. The minimum atomic E-state index is -2.80. The lowest BCUT2D eigenvalue weighted by molar-refractivity contribution is -0.122. The van der Waals surface area contributed by atoms with Gasteiger partial charge < -0.3 is 15.7 Å². The third-order valence-electron chi connectivity index (χ3n) is 9.65. The number of likely N-dealkylation sites (tertiary alicyclic amines) is 1. The third-order valence-corrected chi connectivity index (χ3v) is 11.3. The molecule has 1 unspecified atom stereocenters. The Hall–Kier alpha value is -3.31. The molecule has 1 aliphatic carbocycles. The maximum Gasteiger partial charge on any atom is 0.278 e. The number of hydrogen-bond donors (Lipinski definition) is 3. The van der Waals surface area contributed by atoms with E-state index in [1.54, 1.807) is 30.3 Å². The van der Waals surface area contributed by atoms with Crippen LogP contribution in [0.3, 0.4) is 0 Å². The van der Waals surface area contributed by atoms with E-state index in [-0.39, 0.29) is 17.9 Å². The van der Waals surface area contributed by atoms with Gasteiger partial charge in [-0.1, -0.05) is 24.3 Å². The van der Waals surface area contributed by atoms with Gasteiger partial charge in [0.25, 0.3) is 5.91 Å². The number of amidine groups is 1. The summed E-state index contributed by atoms with van der Waals surface area (Å²) in [6.45, 7) is 10.5. The molecule has 3 aliphatic rings. The number of anilines is 1. The van der Waals surface area contributed by atoms with E-state index in [1.807, 2.05) is 13.8 Å². The van der Waals surface area contributed by atoms with Crippen molar-refractivity contribution in [3.8, 4) is 0 Å². The molecular weight excluding hydrogens is 586 g/mol. The minimum absolute atomic E-state index is 0.0965. The van der Waals surface area contributed by atoms with Crippen LogP contribution in [0.25, 0.3) is 0 Å². The molecule has 10 heteroatoms. The van der Waals surface area contributed by atoms with Crippen molar-refractivity contribution in [2.75, 3.05) is 24.5 Å². The standard InChI is InChI=1S/C35H47N5O4S/c1-5-17-37-45(4,44)30-8-6-7-27(21-30)34(42)38-32-22-26-10-9-24(23-39-18-15-28(16-19-39)35(2,3)43)20-31(26)40(32)29-13-11-25(12-14-29)33(36)41/h5-10,20-21,25,28-29,43H,1,4,11-19,22-23H2,2-3H3,(H2,36,41)(H,37,44). The van der Waals surface area contributed by atoms with E-state index in [1.165, 1.54) is 5.56 Å². The molecule has 1 atom stereocenters. The van der Waals surface area contributed by atoms with E-state index in [0.29, 0.717) is 48.0 Å². The second-order valence-electron chi connectivity index (χ2n) is 13.3. The van der Waals surface area contributed by atoms with Gasteiger partial charge >= 0.3 is 0 Å². The van der Waals surface area contributed by atoms with Gasteiger partial charge in [-0.25, -0.2) is 8.93 Å². The highest BCUT2D eigenvalue weighted by Crippen LogP contribution is 2.38. The van der Waals surface area contributed by atoms with E-state index < -0.39 is 21.2 Å². The fourth-order valence-electron chi connectivity index (χ4n) is 6.94. The van der Waals surface area contributed by atoms with Gasteiger partial charge in [0.15, 0.2) is 0 Å². The number of aliphatic hydroxyl groups is 1. The Bertz CT molecular complexity index is 1560. The number of primary amides is 1. The lowest BCUT2D eigenvalue weighted by atomic mass is 9.83. The molecule has 1 saturated heterocycles. The number of piperidine rings is 1. The lowest BCUT2D eigenvalue weighted by Gasteiger charge is -2.38. The summed E-state index contributed by atoms with van der Waals surface area (Å²) in [7, 11) is -2.80. The Morgan fingerprint density at radius 3 is 2.47 bits per heavy atom. The quantitative estimate of drug-likeness (QED) is 0.267. The van der Waals surface area contributed by atoms with Gasteiger partial charge in [-0.15, -0.1) is 6.58 Å². The number of carbonyl (C=O) groups excluding carboxylic acids is 2. The van der Waals surface area contributed by atoms with Crippen LogP contribution in [0.5, 0.6) is 0 Å². The summed E-state index contributed by atoms with van der Waals surface area (Å²) in [6, 6.07) is 13.3. The highest BCUT2D eigenvalue weighted by atomic mass is 32.2. The SMILES string of the molecule is C=CCNS(=C)(=O)c1cccc(C(=O)N=C2Cc3ccc(CN4CCC(C(C)(C)O)CC4)cc3N2C2CCC(C(N)=O)CC2)c1. The number of hydrogen-bond acceptors (Lipinski definition) is 5. The molecule has 9 nitrogen and oxygen atoms in total. The van der Waals surface area contributed by atoms with Crippen molar-refractivity contribution in [2.24, 2.45) is 22.6 Å². The summed E-state index contributed by atoms with van der Waals surface area (Å²) >= 11 is 0. The number of amides is 2. The van der Waals surface area contributed by atoms with Crippen LogP contribution in [0, 0.1) is 11.8 Å². The van der Waals surface area contributed by atoms with Crippen LogP contribution in [0.4, 0.5) is 5.69 Å². The van der Waals surface area contributed by atoms with Crippen molar-refractivity contribution in [3.63, 3.8) is 0 Å². The van der Waals surface area contributed by atoms with Gasteiger partial charge in [0.2, 0.25) is 5.91 Å². The Morgan fingerprint density at radius 1 is 1.11 bits per heavy atom. The smallest absolute Gasteiger partial charge is 0.278 e. The fraction of sp³-hybridized carbons (Fsp3) is 0.486. The maximum atomic E-state index is 13.6. The van der Waals surface area contributed by atoms with Crippen LogP contribution in [-0.2, 0) is 27.5 Å². The topological polar surface area (TPSA) is 128 Å².